The van der Waals surface area contributed by atoms with Crippen LogP contribution < -0.4 is 11.1 Å². The highest BCUT2D eigenvalue weighted by molar-refractivity contribution is 5.85. The molecule has 1 rings (SSSR count). The third kappa shape index (κ3) is 7.06. The molecule has 0 aromatic heterocycles. The minimum atomic E-state index is -0.602. The summed E-state index contributed by atoms with van der Waals surface area (Å²) in [6.45, 7) is 7.68. The Morgan fingerprint density at radius 3 is 2.40 bits per heavy atom. The van der Waals surface area contributed by atoms with Crippen molar-refractivity contribution >= 4 is 30.7 Å². The molecule has 0 aromatic rings. The van der Waals surface area contributed by atoms with Gasteiger partial charge in [0.15, 0.2) is 0 Å². The quantitative estimate of drug-likeness (QED) is 0.718. The van der Waals surface area contributed by atoms with Crippen molar-refractivity contribution in [3.8, 4) is 0 Å². The third-order valence-electron chi connectivity index (χ3n) is 3.40. The SMILES string of the molecule is COCC(N)C(=O)NC(C)C(C)N1CCOCC1.Cl.Cl. The predicted octanol–water partition coefficient (Wildman–Crippen LogP) is 0.0291. The van der Waals surface area contributed by atoms with E-state index in [9.17, 15) is 4.79 Å². The lowest BCUT2D eigenvalue weighted by molar-refractivity contribution is -0.124. The molecule has 3 atom stereocenters. The number of amides is 1. The fraction of sp³-hybridized carbons (Fsp3) is 0.917. The van der Waals surface area contributed by atoms with Crippen LogP contribution in [0.1, 0.15) is 13.8 Å². The van der Waals surface area contributed by atoms with Crippen LogP contribution in [-0.4, -0.2) is 69.0 Å². The second-order valence-electron chi connectivity index (χ2n) is 4.75. The van der Waals surface area contributed by atoms with Gasteiger partial charge in [-0.1, -0.05) is 0 Å². The minimum absolute atomic E-state index is 0. The number of carbonyl (C=O) groups is 1. The van der Waals surface area contributed by atoms with Gasteiger partial charge in [0, 0.05) is 32.3 Å². The molecule has 1 heterocycles. The van der Waals surface area contributed by atoms with Crippen molar-refractivity contribution in [1.82, 2.24) is 10.2 Å². The Labute approximate surface area is 133 Å². The van der Waals surface area contributed by atoms with E-state index in [-0.39, 0.29) is 49.4 Å². The average Bonchev–Trinajstić information content (AvgIpc) is 2.39. The number of nitrogens with two attached hydrogens (primary N) is 1. The van der Waals surface area contributed by atoms with Crippen LogP contribution in [0.25, 0.3) is 0 Å². The number of rotatable bonds is 6. The molecule has 20 heavy (non-hydrogen) atoms. The summed E-state index contributed by atoms with van der Waals surface area (Å²) in [5, 5.41) is 2.94. The van der Waals surface area contributed by atoms with E-state index in [0.29, 0.717) is 0 Å². The van der Waals surface area contributed by atoms with Crippen molar-refractivity contribution in [2.75, 3.05) is 40.0 Å². The summed E-state index contributed by atoms with van der Waals surface area (Å²) < 4.78 is 10.2. The molecule has 3 N–H and O–H groups in total. The van der Waals surface area contributed by atoms with Crippen molar-refractivity contribution in [3.05, 3.63) is 0 Å². The van der Waals surface area contributed by atoms with Gasteiger partial charge in [-0.05, 0) is 13.8 Å². The second kappa shape index (κ2) is 11.5. The second-order valence-corrected chi connectivity index (χ2v) is 4.75. The molecule has 0 saturated carbocycles. The van der Waals surface area contributed by atoms with Crippen LogP contribution in [0, 0.1) is 0 Å². The lowest BCUT2D eigenvalue weighted by Crippen LogP contribution is -2.55. The molecule has 8 heteroatoms. The zero-order valence-corrected chi connectivity index (χ0v) is 14.0. The molecule has 0 spiro atoms. The maximum atomic E-state index is 11.8. The highest BCUT2D eigenvalue weighted by Crippen LogP contribution is 2.07. The highest BCUT2D eigenvalue weighted by atomic mass is 35.5. The summed E-state index contributed by atoms with van der Waals surface area (Å²) in [4.78, 5) is 14.1. The first-order valence-corrected chi connectivity index (χ1v) is 6.43. The van der Waals surface area contributed by atoms with Crippen molar-refractivity contribution in [2.24, 2.45) is 5.73 Å². The molecule has 0 bridgehead atoms. The molecule has 0 radical (unpaired) electrons. The molecule has 1 aliphatic rings. The summed E-state index contributed by atoms with van der Waals surface area (Å²) in [5.74, 6) is -0.163. The lowest BCUT2D eigenvalue weighted by atomic mass is 10.1. The predicted molar refractivity (Wildman–Crippen MR) is 83.8 cm³/mol. The van der Waals surface area contributed by atoms with E-state index >= 15 is 0 Å². The largest absolute Gasteiger partial charge is 0.383 e. The normalized spacial score (nSPS) is 20.0. The van der Waals surface area contributed by atoms with Gasteiger partial charge in [0.25, 0.3) is 0 Å². The van der Waals surface area contributed by atoms with Gasteiger partial charge in [-0.3, -0.25) is 9.69 Å². The van der Waals surface area contributed by atoms with Gasteiger partial charge in [-0.15, -0.1) is 24.8 Å². The Morgan fingerprint density at radius 1 is 1.35 bits per heavy atom. The first kappa shape index (κ1) is 22.2. The molecule has 1 saturated heterocycles. The van der Waals surface area contributed by atoms with Crippen molar-refractivity contribution in [3.63, 3.8) is 0 Å². The molecule has 1 aliphatic heterocycles. The maximum Gasteiger partial charge on any atom is 0.239 e. The summed E-state index contributed by atoms with van der Waals surface area (Å²) in [7, 11) is 1.53. The number of methoxy groups -OCH3 is 1. The maximum absolute atomic E-state index is 11.8. The monoisotopic (exact) mass is 331 g/mol. The van der Waals surface area contributed by atoms with E-state index in [1.54, 1.807) is 0 Å². The molecule has 0 aliphatic carbocycles. The van der Waals surface area contributed by atoms with Gasteiger partial charge >= 0.3 is 0 Å². The van der Waals surface area contributed by atoms with E-state index in [1.807, 2.05) is 6.92 Å². The smallest absolute Gasteiger partial charge is 0.239 e. The first-order valence-electron chi connectivity index (χ1n) is 6.43. The van der Waals surface area contributed by atoms with E-state index in [1.165, 1.54) is 7.11 Å². The number of halogens is 2. The molecular formula is C12H27Cl2N3O3. The molecule has 1 fully saturated rings. The number of hydrogen-bond donors (Lipinski definition) is 2. The number of hydrogen-bond acceptors (Lipinski definition) is 5. The minimum Gasteiger partial charge on any atom is -0.383 e. The van der Waals surface area contributed by atoms with Gasteiger partial charge < -0.3 is 20.5 Å². The summed E-state index contributed by atoms with van der Waals surface area (Å²) in [6, 6.07) is -0.277. The molecule has 1 amide bonds. The van der Waals surface area contributed by atoms with E-state index in [0.717, 1.165) is 26.3 Å². The third-order valence-corrected chi connectivity index (χ3v) is 3.40. The number of ether oxygens (including phenoxy) is 2. The van der Waals surface area contributed by atoms with E-state index in [4.69, 9.17) is 15.2 Å². The molecule has 3 unspecified atom stereocenters. The van der Waals surface area contributed by atoms with Gasteiger partial charge in [-0.25, -0.2) is 0 Å². The first-order chi connectivity index (χ1) is 8.56. The van der Waals surface area contributed by atoms with Crippen LogP contribution >= 0.6 is 24.8 Å². The van der Waals surface area contributed by atoms with Crippen LogP contribution in [0.2, 0.25) is 0 Å². The Morgan fingerprint density at radius 2 is 1.90 bits per heavy atom. The zero-order chi connectivity index (χ0) is 13.5. The van der Waals surface area contributed by atoms with Crippen LogP contribution in [0.4, 0.5) is 0 Å². The van der Waals surface area contributed by atoms with E-state index in [2.05, 4.69) is 17.1 Å². The molecule has 6 nitrogen and oxygen atoms in total. The summed E-state index contributed by atoms with van der Waals surface area (Å²) in [5.41, 5.74) is 5.68. The average molecular weight is 332 g/mol. The van der Waals surface area contributed by atoms with Crippen LogP contribution in [0.15, 0.2) is 0 Å². The highest BCUT2D eigenvalue weighted by Gasteiger charge is 2.24. The fourth-order valence-corrected chi connectivity index (χ4v) is 2.01. The van der Waals surface area contributed by atoms with Crippen LogP contribution in [0.3, 0.4) is 0 Å². The summed E-state index contributed by atoms with van der Waals surface area (Å²) in [6.07, 6.45) is 0. The topological polar surface area (TPSA) is 76.8 Å². The Bertz CT molecular complexity index is 266. The van der Waals surface area contributed by atoms with Crippen molar-refractivity contribution < 1.29 is 14.3 Å². The number of carbonyl (C=O) groups excluding carboxylic acids is 1. The zero-order valence-electron chi connectivity index (χ0n) is 12.3. The number of nitrogens with one attached hydrogen (secondary N) is 1. The van der Waals surface area contributed by atoms with Crippen molar-refractivity contribution in [1.29, 1.82) is 0 Å². The van der Waals surface area contributed by atoms with Crippen molar-refractivity contribution in [2.45, 2.75) is 32.0 Å². The lowest BCUT2D eigenvalue weighted by Gasteiger charge is -2.36. The van der Waals surface area contributed by atoms with Gasteiger partial charge in [-0.2, -0.15) is 0 Å². The summed E-state index contributed by atoms with van der Waals surface area (Å²) >= 11 is 0. The fourth-order valence-electron chi connectivity index (χ4n) is 2.01. The molecular weight excluding hydrogens is 305 g/mol. The Hall–Kier alpha value is -0.110. The van der Waals surface area contributed by atoms with Gasteiger partial charge in [0.2, 0.25) is 5.91 Å². The van der Waals surface area contributed by atoms with E-state index < -0.39 is 6.04 Å². The Kier molecular flexibility index (Phi) is 12.8. The Balaban J connectivity index is 0. The standard InChI is InChI=1S/C12H25N3O3.2ClH/c1-9(14-12(16)11(13)8-17-3)10(2)15-4-6-18-7-5-15;;/h9-11H,4-8,13H2,1-3H3,(H,14,16);2*1H. The van der Waals surface area contributed by atoms with Gasteiger partial charge in [0.1, 0.15) is 6.04 Å². The molecule has 122 valence electrons. The molecule has 0 aromatic carbocycles. The van der Waals surface area contributed by atoms with Crippen LogP contribution in [-0.2, 0) is 14.3 Å². The van der Waals surface area contributed by atoms with Gasteiger partial charge in [0.05, 0.1) is 19.8 Å². The number of morpholine rings is 1. The van der Waals surface area contributed by atoms with Crippen LogP contribution in [0.5, 0.6) is 0 Å². The number of nitrogens with zero attached hydrogens (tertiary/aromatic N) is 1.